The lowest BCUT2D eigenvalue weighted by Crippen LogP contribution is -2.43. The molecule has 1 aromatic heterocycles. The zero-order valence-electron chi connectivity index (χ0n) is 25.3. The second-order valence-electron chi connectivity index (χ2n) is 11.1. The highest BCUT2D eigenvalue weighted by Crippen LogP contribution is 2.38. The SMILES string of the molecule is CCNC(=O)c1nnc(-c2cc(C(C)C)c(O)cc2O)n1-c1ccc(OC2CCN(C(=O)Oc3ccc(C)cc3)CC2)cc1. The number of amides is 2. The number of carbonyl (C=O) groups excluding carboxylic acids is 2. The van der Waals surface area contributed by atoms with E-state index in [1.54, 1.807) is 51.9 Å². The average Bonchev–Trinajstić information content (AvgIpc) is 3.44. The Kier molecular flexibility index (Phi) is 9.03. The van der Waals surface area contributed by atoms with E-state index >= 15 is 0 Å². The molecule has 44 heavy (non-hydrogen) atoms. The smallest absolute Gasteiger partial charge is 0.415 e. The molecule has 1 fully saturated rings. The summed E-state index contributed by atoms with van der Waals surface area (Å²) >= 11 is 0. The van der Waals surface area contributed by atoms with Crippen molar-refractivity contribution in [1.29, 1.82) is 0 Å². The van der Waals surface area contributed by atoms with Gasteiger partial charge in [0.1, 0.15) is 29.1 Å². The summed E-state index contributed by atoms with van der Waals surface area (Å²) in [5.41, 5.74) is 2.65. The van der Waals surface area contributed by atoms with E-state index < -0.39 is 5.91 Å². The zero-order chi connectivity index (χ0) is 31.4. The normalized spacial score (nSPS) is 13.6. The first-order valence-corrected chi connectivity index (χ1v) is 14.7. The summed E-state index contributed by atoms with van der Waals surface area (Å²) < 4.78 is 13.3. The molecule has 1 saturated heterocycles. The van der Waals surface area contributed by atoms with Crippen LogP contribution in [0.25, 0.3) is 17.1 Å². The Morgan fingerprint density at radius 1 is 0.955 bits per heavy atom. The molecule has 3 N–H and O–H groups in total. The number of piperidine rings is 1. The highest BCUT2D eigenvalue weighted by atomic mass is 16.6. The molecule has 0 radical (unpaired) electrons. The Morgan fingerprint density at radius 3 is 2.25 bits per heavy atom. The number of likely N-dealkylation sites (tertiary alicyclic amines) is 1. The monoisotopic (exact) mass is 599 g/mol. The molecule has 1 aliphatic rings. The summed E-state index contributed by atoms with van der Waals surface area (Å²) in [5, 5.41) is 32.3. The topological polar surface area (TPSA) is 139 Å². The standard InChI is InChI=1S/C33H37N5O6/c1-5-34-32(41)31-36-35-30(27-18-26(20(2)3)28(39)19-29(27)40)38(31)22-8-12-23(13-9-22)43-25-14-16-37(17-15-25)33(42)44-24-10-6-21(4)7-11-24/h6-13,18-20,25,39-40H,5,14-17H2,1-4H3,(H,34,41). The van der Waals surface area contributed by atoms with Crippen LogP contribution in [0.2, 0.25) is 0 Å². The molecule has 3 aromatic carbocycles. The Hall–Kier alpha value is -5.06. The van der Waals surface area contributed by atoms with Crippen LogP contribution in [-0.4, -0.2) is 67.6 Å². The third kappa shape index (κ3) is 6.61. The molecule has 0 aliphatic carbocycles. The van der Waals surface area contributed by atoms with Gasteiger partial charge < -0.3 is 29.9 Å². The molecule has 11 nitrogen and oxygen atoms in total. The van der Waals surface area contributed by atoms with Crippen molar-refractivity contribution in [3.05, 3.63) is 77.6 Å². The minimum atomic E-state index is -0.415. The second-order valence-corrected chi connectivity index (χ2v) is 11.1. The molecule has 4 aromatic rings. The van der Waals surface area contributed by atoms with Gasteiger partial charge in [0.25, 0.3) is 5.91 Å². The van der Waals surface area contributed by atoms with Crippen molar-refractivity contribution in [2.24, 2.45) is 0 Å². The lowest BCUT2D eigenvalue weighted by Gasteiger charge is -2.31. The summed E-state index contributed by atoms with van der Waals surface area (Å²) in [6, 6.07) is 17.5. The van der Waals surface area contributed by atoms with E-state index in [9.17, 15) is 19.8 Å². The van der Waals surface area contributed by atoms with Crippen molar-refractivity contribution in [2.75, 3.05) is 19.6 Å². The molecular formula is C33H37N5O6. The molecule has 0 unspecified atom stereocenters. The van der Waals surface area contributed by atoms with E-state index in [4.69, 9.17) is 9.47 Å². The first kappa shape index (κ1) is 30.4. The maximum absolute atomic E-state index is 12.9. The van der Waals surface area contributed by atoms with Crippen LogP contribution in [0, 0.1) is 6.92 Å². The van der Waals surface area contributed by atoms with Crippen molar-refractivity contribution < 1.29 is 29.3 Å². The van der Waals surface area contributed by atoms with Gasteiger partial charge in [-0.1, -0.05) is 31.5 Å². The predicted octanol–water partition coefficient (Wildman–Crippen LogP) is 5.57. The lowest BCUT2D eigenvalue weighted by molar-refractivity contribution is 0.0928. The number of aromatic hydroxyl groups is 2. The molecular weight excluding hydrogens is 562 g/mol. The molecule has 11 heteroatoms. The molecule has 1 aliphatic heterocycles. The Balaban J connectivity index is 1.31. The number of phenolic OH excluding ortho intramolecular Hbond substituents is 2. The predicted molar refractivity (Wildman–Crippen MR) is 165 cm³/mol. The Bertz CT molecular complexity index is 1620. The number of carbonyl (C=O) groups is 2. The number of nitrogens with one attached hydrogen (secondary N) is 1. The fourth-order valence-corrected chi connectivity index (χ4v) is 5.12. The van der Waals surface area contributed by atoms with Crippen LogP contribution in [0.5, 0.6) is 23.0 Å². The van der Waals surface area contributed by atoms with Gasteiger partial charge in [0.05, 0.1) is 5.56 Å². The van der Waals surface area contributed by atoms with Gasteiger partial charge in [0.2, 0.25) is 5.82 Å². The number of nitrogens with zero attached hydrogens (tertiary/aromatic N) is 4. The van der Waals surface area contributed by atoms with Crippen LogP contribution in [0.4, 0.5) is 4.79 Å². The molecule has 0 saturated carbocycles. The zero-order valence-corrected chi connectivity index (χ0v) is 25.3. The van der Waals surface area contributed by atoms with Gasteiger partial charge in [-0.15, -0.1) is 10.2 Å². The molecule has 230 valence electrons. The van der Waals surface area contributed by atoms with E-state index in [1.165, 1.54) is 6.07 Å². The summed E-state index contributed by atoms with van der Waals surface area (Å²) in [6.07, 6.45) is 0.855. The summed E-state index contributed by atoms with van der Waals surface area (Å²) in [4.78, 5) is 27.2. The Morgan fingerprint density at radius 2 is 1.61 bits per heavy atom. The van der Waals surface area contributed by atoms with Crippen molar-refractivity contribution in [2.45, 2.75) is 52.6 Å². The van der Waals surface area contributed by atoms with Crippen LogP contribution in [0.1, 0.15) is 61.3 Å². The van der Waals surface area contributed by atoms with E-state index in [0.717, 1.165) is 5.56 Å². The van der Waals surface area contributed by atoms with Gasteiger partial charge in [-0.3, -0.25) is 9.36 Å². The van der Waals surface area contributed by atoms with E-state index in [2.05, 4.69) is 15.5 Å². The minimum Gasteiger partial charge on any atom is -0.508 e. The summed E-state index contributed by atoms with van der Waals surface area (Å²) in [6.45, 7) is 9.08. The van der Waals surface area contributed by atoms with Gasteiger partial charge in [0, 0.05) is 44.2 Å². The van der Waals surface area contributed by atoms with Crippen molar-refractivity contribution >= 4 is 12.0 Å². The molecule has 0 atom stereocenters. The minimum absolute atomic E-state index is 0.0179. The molecule has 0 spiro atoms. The van der Waals surface area contributed by atoms with Gasteiger partial charge in [-0.05, 0) is 67.8 Å². The van der Waals surface area contributed by atoms with Crippen molar-refractivity contribution in [1.82, 2.24) is 25.0 Å². The van der Waals surface area contributed by atoms with Gasteiger partial charge in [0.15, 0.2) is 5.82 Å². The number of ether oxygens (including phenoxy) is 2. The largest absolute Gasteiger partial charge is 0.508 e. The van der Waals surface area contributed by atoms with Crippen LogP contribution >= 0.6 is 0 Å². The highest BCUT2D eigenvalue weighted by molar-refractivity contribution is 5.92. The van der Waals surface area contributed by atoms with Crippen molar-refractivity contribution in [3.63, 3.8) is 0 Å². The van der Waals surface area contributed by atoms with Crippen LogP contribution in [-0.2, 0) is 0 Å². The maximum atomic E-state index is 12.9. The number of phenols is 2. The number of aryl methyl sites for hydroxylation is 1. The first-order valence-electron chi connectivity index (χ1n) is 14.7. The highest BCUT2D eigenvalue weighted by Gasteiger charge is 2.27. The van der Waals surface area contributed by atoms with E-state index in [-0.39, 0.29) is 41.3 Å². The lowest BCUT2D eigenvalue weighted by atomic mass is 9.98. The van der Waals surface area contributed by atoms with E-state index in [1.807, 2.05) is 39.8 Å². The van der Waals surface area contributed by atoms with Crippen LogP contribution in [0.3, 0.4) is 0 Å². The maximum Gasteiger partial charge on any atom is 0.415 e. The third-order valence-corrected chi connectivity index (χ3v) is 7.54. The molecule has 2 amide bonds. The fraction of sp³-hybridized carbons (Fsp3) is 0.333. The van der Waals surface area contributed by atoms with Gasteiger partial charge >= 0.3 is 6.09 Å². The van der Waals surface area contributed by atoms with Crippen LogP contribution in [0.15, 0.2) is 60.7 Å². The number of benzene rings is 3. The molecule has 2 heterocycles. The number of rotatable bonds is 8. The summed E-state index contributed by atoms with van der Waals surface area (Å²) in [5.74, 6) is 0.828. The van der Waals surface area contributed by atoms with E-state index in [0.29, 0.717) is 60.8 Å². The second kappa shape index (κ2) is 13.1. The van der Waals surface area contributed by atoms with Gasteiger partial charge in [-0.2, -0.15) is 0 Å². The Labute approximate surface area is 256 Å². The average molecular weight is 600 g/mol. The van der Waals surface area contributed by atoms with Gasteiger partial charge in [-0.25, -0.2) is 4.79 Å². The fourth-order valence-electron chi connectivity index (χ4n) is 5.12. The summed E-state index contributed by atoms with van der Waals surface area (Å²) in [7, 11) is 0. The van der Waals surface area contributed by atoms with Crippen molar-refractivity contribution in [3.8, 4) is 40.1 Å². The quantitative estimate of drug-likeness (QED) is 0.239. The molecule has 0 bridgehead atoms. The molecule has 5 rings (SSSR count). The first-order chi connectivity index (χ1) is 21.1. The number of aromatic nitrogens is 3. The number of hydrogen-bond acceptors (Lipinski definition) is 8. The number of hydrogen-bond donors (Lipinski definition) is 3. The third-order valence-electron chi connectivity index (χ3n) is 7.54. The van der Waals surface area contributed by atoms with Crippen LogP contribution < -0.4 is 14.8 Å².